The number of nitrogens with zero attached hydrogens (tertiary/aromatic N) is 2. The van der Waals surface area contributed by atoms with Crippen LogP contribution in [0.3, 0.4) is 0 Å². The molecular formula is C21H27N3O3S. The van der Waals surface area contributed by atoms with Crippen LogP contribution in [0, 0.1) is 5.92 Å². The molecule has 1 aliphatic heterocycles. The maximum absolute atomic E-state index is 12.7. The Kier molecular flexibility index (Phi) is 6.80. The first kappa shape index (κ1) is 20.5. The van der Waals surface area contributed by atoms with E-state index >= 15 is 0 Å². The molecule has 0 radical (unpaired) electrons. The van der Waals surface area contributed by atoms with Gasteiger partial charge >= 0.3 is 0 Å². The quantitative estimate of drug-likeness (QED) is 0.774. The lowest BCUT2D eigenvalue weighted by Gasteiger charge is -2.31. The molecule has 0 spiro atoms. The van der Waals surface area contributed by atoms with Crippen LogP contribution in [0.1, 0.15) is 37.7 Å². The number of benzene rings is 1. The number of carbonyl (C=O) groups excluding carboxylic acids is 1. The van der Waals surface area contributed by atoms with Crippen molar-refractivity contribution < 1.29 is 13.2 Å². The van der Waals surface area contributed by atoms with Crippen molar-refractivity contribution in [3.63, 3.8) is 0 Å². The van der Waals surface area contributed by atoms with Gasteiger partial charge in [0.1, 0.15) is 4.90 Å². The molecule has 1 saturated heterocycles. The fourth-order valence-corrected chi connectivity index (χ4v) is 5.06. The number of carbonyl (C=O) groups is 1. The van der Waals surface area contributed by atoms with Crippen molar-refractivity contribution in [2.24, 2.45) is 5.92 Å². The van der Waals surface area contributed by atoms with E-state index in [-0.39, 0.29) is 22.6 Å². The number of pyridine rings is 1. The predicted molar refractivity (Wildman–Crippen MR) is 108 cm³/mol. The molecule has 1 aliphatic rings. The number of hydrogen-bond acceptors (Lipinski definition) is 4. The van der Waals surface area contributed by atoms with Crippen molar-refractivity contribution in [2.45, 2.75) is 37.0 Å². The second-order valence-corrected chi connectivity index (χ2v) is 9.09. The van der Waals surface area contributed by atoms with Gasteiger partial charge < -0.3 is 5.32 Å². The summed E-state index contributed by atoms with van der Waals surface area (Å²) in [6.07, 6.45) is 5.17. The van der Waals surface area contributed by atoms with Gasteiger partial charge in [0.15, 0.2) is 0 Å². The van der Waals surface area contributed by atoms with Crippen LogP contribution in [0.4, 0.5) is 0 Å². The number of piperidine rings is 1. The van der Waals surface area contributed by atoms with Gasteiger partial charge in [-0.05, 0) is 42.9 Å². The Labute approximate surface area is 167 Å². The monoisotopic (exact) mass is 401 g/mol. The summed E-state index contributed by atoms with van der Waals surface area (Å²) in [7, 11) is -3.49. The van der Waals surface area contributed by atoms with Crippen LogP contribution in [0.5, 0.6) is 0 Å². The highest BCUT2D eigenvalue weighted by Crippen LogP contribution is 2.24. The minimum atomic E-state index is -3.49. The molecule has 1 amide bonds. The summed E-state index contributed by atoms with van der Waals surface area (Å²) in [4.78, 5) is 16.7. The molecule has 1 N–H and O–H groups in total. The highest BCUT2D eigenvalue weighted by Gasteiger charge is 2.30. The summed E-state index contributed by atoms with van der Waals surface area (Å²) >= 11 is 0. The van der Waals surface area contributed by atoms with Gasteiger partial charge in [0.2, 0.25) is 15.9 Å². The smallest absolute Gasteiger partial charge is 0.244 e. The molecule has 6 nitrogen and oxygen atoms in total. The molecule has 28 heavy (non-hydrogen) atoms. The molecule has 1 fully saturated rings. The summed E-state index contributed by atoms with van der Waals surface area (Å²) in [5.74, 6) is 0.184. The Morgan fingerprint density at radius 1 is 1.18 bits per heavy atom. The topological polar surface area (TPSA) is 79.4 Å². The summed E-state index contributed by atoms with van der Waals surface area (Å²) in [6, 6.07) is 13.0. The molecule has 1 aromatic carbocycles. The van der Waals surface area contributed by atoms with Crippen molar-refractivity contribution in [3.8, 4) is 0 Å². The molecule has 0 aliphatic carbocycles. The molecule has 0 bridgehead atoms. The van der Waals surface area contributed by atoms with Crippen LogP contribution in [-0.4, -0.2) is 43.2 Å². The third kappa shape index (κ3) is 4.77. The van der Waals surface area contributed by atoms with E-state index in [1.807, 2.05) is 37.3 Å². The molecule has 2 aromatic rings. The molecule has 1 aromatic heterocycles. The van der Waals surface area contributed by atoms with Gasteiger partial charge in [0, 0.05) is 32.0 Å². The predicted octanol–water partition coefficient (Wildman–Crippen LogP) is 2.79. The average molecular weight is 402 g/mol. The SMILES string of the molecule is CC[C@@H](C(=O)NCC1CCN(S(=O)(=O)c2cccnc2)CC1)c1ccccc1. The number of rotatable bonds is 7. The number of nitrogens with one attached hydrogen (secondary N) is 1. The molecule has 1 atom stereocenters. The maximum atomic E-state index is 12.7. The molecule has 150 valence electrons. The Morgan fingerprint density at radius 3 is 2.50 bits per heavy atom. The fourth-order valence-electron chi connectivity index (χ4n) is 3.63. The van der Waals surface area contributed by atoms with Gasteiger partial charge in [0.05, 0.1) is 5.92 Å². The van der Waals surface area contributed by atoms with Crippen molar-refractivity contribution in [1.29, 1.82) is 0 Å². The van der Waals surface area contributed by atoms with Gasteiger partial charge in [0.25, 0.3) is 0 Å². The van der Waals surface area contributed by atoms with Crippen LogP contribution in [0.2, 0.25) is 0 Å². The van der Waals surface area contributed by atoms with Gasteiger partial charge in [-0.1, -0.05) is 37.3 Å². The van der Waals surface area contributed by atoms with Gasteiger partial charge in [-0.15, -0.1) is 0 Å². The third-order valence-corrected chi connectivity index (χ3v) is 7.22. The van der Waals surface area contributed by atoms with E-state index in [0.717, 1.165) is 24.8 Å². The molecule has 0 saturated carbocycles. The lowest BCUT2D eigenvalue weighted by atomic mass is 9.94. The van der Waals surface area contributed by atoms with E-state index in [2.05, 4.69) is 10.3 Å². The Balaban J connectivity index is 1.51. The molecule has 7 heteroatoms. The maximum Gasteiger partial charge on any atom is 0.244 e. The van der Waals surface area contributed by atoms with Crippen molar-refractivity contribution in [2.75, 3.05) is 19.6 Å². The minimum absolute atomic E-state index is 0.0408. The van der Waals surface area contributed by atoms with E-state index in [1.165, 1.54) is 10.5 Å². The summed E-state index contributed by atoms with van der Waals surface area (Å²) in [5.41, 5.74) is 1.03. The van der Waals surface area contributed by atoms with Crippen LogP contribution < -0.4 is 5.32 Å². The number of amides is 1. The second kappa shape index (κ2) is 9.30. The van der Waals surface area contributed by atoms with Crippen molar-refractivity contribution in [1.82, 2.24) is 14.6 Å². The standard InChI is InChI=1S/C21H27N3O3S/c1-2-20(18-7-4-3-5-8-18)21(25)23-15-17-10-13-24(14-11-17)28(26,27)19-9-6-12-22-16-19/h3-9,12,16-17,20H,2,10-11,13-15H2,1H3,(H,23,25)/t20-/m1/s1. The van der Waals surface area contributed by atoms with Crippen LogP contribution in [0.25, 0.3) is 0 Å². The van der Waals surface area contributed by atoms with Gasteiger partial charge in [-0.3, -0.25) is 9.78 Å². The number of sulfonamides is 1. The number of hydrogen-bond donors (Lipinski definition) is 1. The number of aromatic nitrogens is 1. The van der Waals surface area contributed by atoms with Crippen molar-refractivity contribution >= 4 is 15.9 Å². The zero-order valence-corrected chi connectivity index (χ0v) is 16.9. The zero-order chi connectivity index (χ0) is 20.0. The van der Waals surface area contributed by atoms with Crippen LogP contribution in [0.15, 0.2) is 59.8 Å². The second-order valence-electron chi connectivity index (χ2n) is 7.15. The molecule has 0 unspecified atom stereocenters. The first-order valence-electron chi connectivity index (χ1n) is 9.75. The lowest BCUT2D eigenvalue weighted by Crippen LogP contribution is -2.42. The van der Waals surface area contributed by atoms with E-state index in [4.69, 9.17) is 0 Å². The molecule has 3 rings (SSSR count). The summed E-state index contributed by atoms with van der Waals surface area (Å²) in [5, 5.41) is 3.07. The highest BCUT2D eigenvalue weighted by molar-refractivity contribution is 7.89. The largest absolute Gasteiger partial charge is 0.355 e. The van der Waals surface area contributed by atoms with E-state index < -0.39 is 10.0 Å². The van der Waals surface area contributed by atoms with Crippen molar-refractivity contribution in [3.05, 3.63) is 60.4 Å². The molecule has 2 heterocycles. The Hall–Kier alpha value is -2.25. The van der Waals surface area contributed by atoms with E-state index in [9.17, 15) is 13.2 Å². The third-order valence-electron chi connectivity index (χ3n) is 5.34. The first-order valence-corrected chi connectivity index (χ1v) is 11.2. The average Bonchev–Trinajstić information content (AvgIpc) is 2.74. The zero-order valence-electron chi connectivity index (χ0n) is 16.1. The van der Waals surface area contributed by atoms with Gasteiger partial charge in [-0.25, -0.2) is 8.42 Å². The van der Waals surface area contributed by atoms with Gasteiger partial charge in [-0.2, -0.15) is 4.31 Å². The summed E-state index contributed by atoms with van der Waals surface area (Å²) < 4.78 is 26.8. The fraction of sp³-hybridized carbons (Fsp3) is 0.429. The molecular weight excluding hydrogens is 374 g/mol. The Bertz CT molecular complexity index is 864. The summed E-state index contributed by atoms with van der Waals surface area (Å²) in [6.45, 7) is 3.53. The van der Waals surface area contributed by atoms with Crippen LogP contribution >= 0.6 is 0 Å². The lowest BCUT2D eigenvalue weighted by molar-refractivity contribution is -0.122. The van der Waals surface area contributed by atoms with Crippen LogP contribution in [-0.2, 0) is 14.8 Å². The Morgan fingerprint density at radius 2 is 1.89 bits per heavy atom. The van der Waals surface area contributed by atoms with E-state index in [1.54, 1.807) is 18.3 Å². The van der Waals surface area contributed by atoms with E-state index in [0.29, 0.717) is 19.6 Å². The first-order chi connectivity index (χ1) is 13.5. The normalized spacial score (nSPS) is 17.2. The minimum Gasteiger partial charge on any atom is -0.355 e. The highest BCUT2D eigenvalue weighted by atomic mass is 32.2.